The molecule has 4 N–H and O–H groups in total. The van der Waals surface area contributed by atoms with Gasteiger partial charge in [0, 0.05) is 17.1 Å². The van der Waals surface area contributed by atoms with Gasteiger partial charge in [0.15, 0.2) is 0 Å². The predicted octanol–water partition coefficient (Wildman–Crippen LogP) is 2.77. The number of aryl methyl sites for hydroxylation is 1. The molecule has 0 aliphatic carbocycles. The first kappa shape index (κ1) is 11.5. The topological polar surface area (TPSA) is 77.8 Å². The van der Waals surface area contributed by atoms with Gasteiger partial charge in [-0.05, 0) is 30.5 Å². The summed E-state index contributed by atoms with van der Waals surface area (Å²) >= 11 is 0. The monoisotopic (exact) mass is 250 g/mol. The number of hydrogen-bond acceptors (Lipinski definition) is 4. The van der Waals surface area contributed by atoms with Gasteiger partial charge in [-0.25, -0.2) is 4.98 Å². The van der Waals surface area contributed by atoms with Gasteiger partial charge in [0.25, 0.3) is 0 Å². The summed E-state index contributed by atoms with van der Waals surface area (Å²) in [6.07, 6.45) is 3.32. The first-order valence-electron chi connectivity index (χ1n) is 6.02. The van der Waals surface area contributed by atoms with Gasteiger partial charge in [-0.2, -0.15) is 0 Å². The molecule has 0 aliphatic rings. The Bertz CT molecular complexity index is 765. The van der Waals surface area contributed by atoms with Crippen molar-refractivity contribution in [1.29, 1.82) is 0 Å². The zero-order valence-electron chi connectivity index (χ0n) is 10.6. The summed E-state index contributed by atoms with van der Waals surface area (Å²) in [6, 6.07) is 10.0. The molecule has 2 heterocycles. The zero-order chi connectivity index (χ0) is 13.4. The van der Waals surface area contributed by atoms with Gasteiger partial charge in [-0.1, -0.05) is 17.7 Å². The first-order chi connectivity index (χ1) is 9.15. The molecule has 19 heavy (non-hydrogen) atoms. The molecule has 4 heteroatoms. The number of hydrogen-bond donors (Lipinski definition) is 2. The summed E-state index contributed by atoms with van der Waals surface area (Å²) in [6.45, 7) is 2.05. The van der Waals surface area contributed by atoms with Crippen LogP contribution < -0.4 is 11.5 Å². The molecule has 0 aliphatic heterocycles. The third-order valence-corrected chi connectivity index (χ3v) is 3.12. The van der Waals surface area contributed by atoms with Crippen LogP contribution in [0.25, 0.3) is 22.0 Å². The van der Waals surface area contributed by atoms with E-state index in [2.05, 4.69) is 35.1 Å². The van der Waals surface area contributed by atoms with E-state index < -0.39 is 0 Å². The summed E-state index contributed by atoms with van der Waals surface area (Å²) in [5.74, 6) is 0.440. The Morgan fingerprint density at radius 3 is 2.68 bits per heavy atom. The number of fused-ring (bicyclic) bond motifs is 1. The molecule has 0 fully saturated rings. The molecular formula is C15H14N4. The Morgan fingerprint density at radius 2 is 1.84 bits per heavy atom. The molecule has 0 amide bonds. The van der Waals surface area contributed by atoms with Crippen molar-refractivity contribution in [3.05, 3.63) is 48.3 Å². The second-order valence-corrected chi connectivity index (χ2v) is 4.59. The number of benzene rings is 1. The number of nitrogens with two attached hydrogens (primary N) is 2. The summed E-state index contributed by atoms with van der Waals surface area (Å²) < 4.78 is 0. The number of anilines is 2. The van der Waals surface area contributed by atoms with E-state index in [1.165, 1.54) is 5.56 Å². The van der Waals surface area contributed by atoms with Crippen molar-refractivity contribution in [3.63, 3.8) is 0 Å². The Labute approximate surface area is 111 Å². The van der Waals surface area contributed by atoms with Crippen LogP contribution in [-0.4, -0.2) is 9.97 Å². The van der Waals surface area contributed by atoms with Gasteiger partial charge < -0.3 is 11.5 Å². The Hall–Kier alpha value is -2.62. The molecule has 0 bridgehead atoms. The van der Waals surface area contributed by atoms with Gasteiger partial charge in [0.1, 0.15) is 5.82 Å². The summed E-state index contributed by atoms with van der Waals surface area (Å²) in [7, 11) is 0. The molecule has 1 aromatic carbocycles. The molecule has 4 nitrogen and oxygen atoms in total. The summed E-state index contributed by atoms with van der Waals surface area (Å²) in [5, 5.41) is 2.18. The Morgan fingerprint density at radius 1 is 1.00 bits per heavy atom. The molecule has 94 valence electrons. The highest BCUT2D eigenvalue weighted by Crippen LogP contribution is 2.31. The fraction of sp³-hybridized carbons (Fsp3) is 0.0667. The second-order valence-electron chi connectivity index (χ2n) is 4.59. The van der Waals surface area contributed by atoms with Crippen LogP contribution in [0.4, 0.5) is 11.5 Å². The van der Waals surface area contributed by atoms with Gasteiger partial charge >= 0.3 is 0 Å². The van der Waals surface area contributed by atoms with Gasteiger partial charge in [-0.3, -0.25) is 4.98 Å². The molecular weight excluding hydrogens is 236 g/mol. The molecule has 0 unspecified atom stereocenters. The van der Waals surface area contributed by atoms with Gasteiger partial charge in [-0.15, -0.1) is 0 Å². The van der Waals surface area contributed by atoms with E-state index >= 15 is 0 Å². The first-order valence-corrected chi connectivity index (χ1v) is 6.02. The number of nitrogens with zero attached hydrogens (tertiary/aromatic N) is 2. The minimum absolute atomic E-state index is 0.440. The van der Waals surface area contributed by atoms with Crippen LogP contribution in [0.15, 0.2) is 42.7 Å². The van der Waals surface area contributed by atoms with Crippen LogP contribution >= 0.6 is 0 Å². The van der Waals surface area contributed by atoms with Crippen LogP contribution in [0.5, 0.6) is 0 Å². The molecule has 0 atom stereocenters. The standard InChI is InChI=1S/C15H14N4/c1-9-2-3-10-4-5-18-14(12(10)6-9)13-7-11(16)8-19-15(13)17/h2-8H,16H2,1H3,(H2,17,19). The normalized spacial score (nSPS) is 10.8. The smallest absolute Gasteiger partial charge is 0.132 e. The average Bonchev–Trinajstić information content (AvgIpc) is 2.41. The van der Waals surface area contributed by atoms with Gasteiger partial charge in [0.2, 0.25) is 0 Å². The highest BCUT2D eigenvalue weighted by atomic mass is 14.8. The van der Waals surface area contributed by atoms with Gasteiger partial charge in [0.05, 0.1) is 17.6 Å². The fourth-order valence-electron chi connectivity index (χ4n) is 2.18. The van der Waals surface area contributed by atoms with Crippen molar-refractivity contribution in [3.8, 4) is 11.3 Å². The van der Waals surface area contributed by atoms with Crippen molar-refractivity contribution in [1.82, 2.24) is 9.97 Å². The van der Waals surface area contributed by atoms with Crippen LogP contribution in [0, 0.1) is 6.92 Å². The summed E-state index contributed by atoms with van der Waals surface area (Å²) in [4.78, 5) is 8.54. The lowest BCUT2D eigenvalue weighted by molar-refractivity contribution is 1.30. The molecule has 2 aromatic heterocycles. The Kier molecular flexibility index (Phi) is 2.56. The maximum atomic E-state index is 5.94. The number of nitrogen functional groups attached to an aromatic ring is 2. The highest BCUT2D eigenvalue weighted by molar-refractivity contribution is 5.97. The molecule has 0 radical (unpaired) electrons. The van der Waals surface area contributed by atoms with E-state index in [1.54, 1.807) is 12.4 Å². The second kappa shape index (κ2) is 4.24. The van der Waals surface area contributed by atoms with E-state index in [0.717, 1.165) is 22.0 Å². The van der Waals surface area contributed by atoms with E-state index in [0.29, 0.717) is 11.5 Å². The lowest BCUT2D eigenvalue weighted by Crippen LogP contribution is -1.98. The SMILES string of the molecule is Cc1ccc2ccnc(-c3cc(N)cnc3N)c2c1. The van der Waals surface area contributed by atoms with Crippen LogP contribution in [0.2, 0.25) is 0 Å². The maximum Gasteiger partial charge on any atom is 0.132 e. The van der Waals surface area contributed by atoms with E-state index in [1.807, 2.05) is 12.1 Å². The van der Waals surface area contributed by atoms with E-state index in [4.69, 9.17) is 11.5 Å². The predicted molar refractivity (Wildman–Crippen MR) is 78.5 cm³/mol. The third-order valence-electron chi connectivity index (χ3n) is 3.12. The quantitative estimate of drug-likeness (QED) is 0.696. The fourth-order valence-corrected chi connectivity index (χ4v) is 2.18. The minimum Gasteiger partial charge on any atom is -0.397 e. The highest BCUT2D eigenvalue weighted by Gasteiger charge is 2.10. The molecule has 0 saturated carbocycles. The lowest BCUT2D eigenvalue weighted by Gasteiger charge is -2.09. The number of pyridine rings is 2. The lowest BCUT2D eigenvalue weighted by atomic mass is 10.0. The molecule has 3 aromatic rings. The van der Waals surface area contributed by atoms with Crippen molar-refractivity contribution in [2.24, 2.45) is 0 Å². The summed E-state index contributed by atoms with van der Waals surface area (Å²) in [5.41, 5.74) is 15.1. The van der Waals surface area contributed by atoms with Crippen molar-refractivity contribution >= 4 is 22.3 Å². The maximum absolute atomic E-state index is 5.94. The zero-order valence-corrected chi connectivity index (χ0v) is 10.6. The largest absolute Gasteiger partial charge is 0.397 e. The van der Waals surface area contributed by atoms with Crippen LogP contribution in [0.3, 0.4) is 0 Å². The number of rotatable bonds is 1. The molecule has 0 saturated heterocycles. The van der Waals surface area contributed by atoms with Crippen molar-refractivity contribution < 1.29 is 0 Å². The Balaban J connectivity index is 2.36. The van der Waals surface area contributed by atoms with E-state index in [9.17, 15) is 0 Å². The third kappa shape index (κ3) is 1.97. The van der Waals surface area contributed by atoms with Crippen molar-refractivity contribution in [2.45, 2.75) is 6.92 Å². The van der Waals surface area contributed by atoms with Crippen LogP contribution in [-0.2, 0) is 0 Å². The number of aromatic nitrogens is 2. The minimum atomic E-state index is 0.440. The molecule has 3 rings (SSSR count). The van der Waals surface area contributed by atoms with E-state index in [-0.39, 0.29) is 0 Å². The molecule has 0 spiro atoms. The van der Waals surface area contributed by atoms with Crippen molar-refractivity contribution in [2.75, 3.05) is 11.5 Å². The van der Waals surface area contributed by atoms with Crippen LogP contribution in [0.1, 0.15) is 5.56 Å². The average molecular weight is 250 g/mol.